The lowest BCUT2D eigenvalue weighted by Gasteiger charge is -2.10. The zero-order valence-electron chi connectivity index (χ0n) is 19.1. The van der Waals surface area contributed by atoms with E-state index in [1.165, 1.54) is 11.8 Å². The van der Waals surface area contributed by atoms with Crippen molar-refractivity contribution in [3.05, 3.63) is 88.1 Å². The largest absolute Gasteiger partial charge is 0.319 e. The van der Waals surface area contributed by atoms with Crippen LogP contribution < -0.4 is 10.9 Å². The standard InChI is InChI=1S/C25H26N6O2S/c1-17-22(24(33)31(29(17)2)20-11-7-4-8-12-20)26-21(32)16-34-25-28-27-23(19-13-14-19)30(25)15-18-9-5-3-6-10-18/h3-12,19H,13-16H2,1-2H3,(H,26,32). The third-order valence-corrected chi connectivity index (χ3v) is 6.99. The van der Waals surface area contributed by atoms with Crippen LogP contribution in [-0.4, -0.2) is 35.8 Å². The van der Waals surface area contributed by atoms with Crippen LogP contribution in [0.25, 0.3) is 5.69 Å². The fourth-order valence-corrected chi connectivity index (χ4v) is 4.73. The van der Waals surface area contributed by atoms with Gasteiger partial charge in [0.2, 0.25) is 5.91 Å². The summed E-state index contributed by atoms with van der Waals surface area (Å²) in [6, 6.07) is 19.5. The lowest BCUT2D eigenvalue weighted by molar-refractivity contribution is -0.113. The molecular weight excluding hydrogens is 448 g/mol. The van der Waals surface area contributed by atoms with Crippen LogP contribution >= 0.6 is 11.8 Å². The normalized spacial score (nSPS) is 13.2. The van der Waals surface area contributed by atoms with E-state index >= 15 is 0 Å². The molecule has 34 heavy (non-hydrogen) atoms. The Bertz CT molecular complexity index is 1370. The van der Waals surface area contributed by atoms with Crippen LogP contribution in [0.3, 0.4) is 0 Å². The van der Waals surface area contributed by atoms with Crippen LogP contribution in [-0.2, 0) is 18.4 Å². The Morgan fingerprint density at radius 1 is 1.06 bits per heavy atom. The van der Waals surface area contributed by atoms with Crippen LogP contribution in [0, 0.1) is 6.92 Å². The van der Waals surface area contributed by atoms with Crippen LogP contribution in [0.2, 0.25) is 0 Å². The first-order valence-electron chi connectivity index (χ1n) is 11.3. The molecule has 1 amide bonds. The molecule has 5 rings (SSSR count). The lowest BCUT2D eigenvalue weighted by atomic mass is 10.2. The highest BCUT2D eigenvalue weighted by atomic mass is 32.2. The molecule has 1 saturated carbocycles. The number of nitrogens with one attached hydrogen (secondary N) is 1. The molecule has 0 aliphatic heterocycles. The van der Waals surface area contributed by atoms with Crippen molar-refractivity contribution >= 4 is 23.4 Å². The minimum absolute atomic E-state index is 0.136. The van der Waals surface area contributed by atoms with Gasteiger partial charge in [0, 0.05) is 13.0 Å². The second-order valence-electron chi connectivity index (χ2n) is 8.46. The minimum Gasteiger partial charge on any atom is -0.319 e. The molecule has 1 aliphatic carbocycles. The number of amides is 1. The molecule has 0 saturated heterocycles. The molecule has 0 radical (unpaired) electrons. The third kappa shape index (κ3) is 4.43. The summed E-state index contributed by atoms with van der Waals surface area (Å²) >= 11 is 1.34. The van der Waals surface area contributed by atoms with E-state index in [1.807, 2.05) is 55.5 Å². The number of rotatable bonds is 8. The SMILES string of the molecule is Cc1c(NC(=O)CSc2nnc(C3CC3)n2Cc2ccccc2)c(=O)n(-c2ccccc2)n1C. The Balaban J connectivity index is 1.32. The average molecular weight is 475 g/mol. The predicted molar refractivity (Wildman–Crippen MR) is 133 cm³/mol. The Hall–Kier alpha value is -3.59. The molecule has 1 fully saturated rings. The summed E-state index contributed by atoms with van der Waals surface area (Å²) in [6.07, 6.45) is 2.25. The highest BCUT2D eigenvalue weighted by Gasteiger charge is 2.30. The van der Waals surface area contributed by atoms with E-state index in [0.29, 0.717) is 29.0 Å². The monoisotopic (exact) mass is 474 g/mol. The summed E-state index contributed by atoms with van der Waals surface area (Å²) in [7, 11) is 1.81. The van der Waals surface area contributed by atoms with Crippen molar-refractivity contribution in [1.29, 1.82) is 0 Å². The van der Waals surface area contributed by atoms with Crippen molar-refractivity contribution in [2.75, 3.05) is 11.1 Å². The first-order valence-corrected chi connectivity index (χ1v) is 12.2. The molecule has 4 aromatic rings. The van der Waals surface area contributed by atoms with Crippen LogP contribution in [0.1, 0.15) is 35.8 Å². The van der Waals surface area contributed by atoms with Crippen molar-refractivity contribution in [3.63, 3.8) is 0 Å². The molecular formula is C25H26N6O2S. The maximum absolute atomic E-state index is 13.1. The highest BCUT2D eigenvalue weighted by molar-refractivity contribution is 7.99. The number of carbonyl (C=O) groups is 1. The zero-order chi connectivity index (χ0) is 23.7. The molecule has 2 aromatic carbocycles. The number of carbonyl (C=O) groups excluding carboxylic acids is 1. The topological polar surface area (TPSA) is 86.7 Å². The Morgan fingerprint density at radius 2 is 1.74 bits per heavy atom. The minimum atomic E-state index is -0.257. The average Bonchev–Trinajstić information content (AvgIpc) is 3.59. The fourth-order valence-electron chi connectivity index (χ4n) is 3.98. The van der Waals surface area contributed by atoms with Gasteiger partial charge in [0.15, 0.2) is 5.16 Å². The van der Waals surface area contributed by atoms with Crippen molar-refractivity contribution in [2.24, 2.45) is 7.05 Å². The van der Waals surface area contributed by atoms with Crippen molar-refractivity contribution < 1.29 is 4.79 Å². The molecule has 0 spiro atoms. The van der Waals surface area contributed by atoms with Gasteiger partial charge < -0.3 is 9.88 Å². The number of hydrogen-bond acceptors (Lipinski definition) is 5. The van der Waals surface area contributed by atoms with Crippen molar-refractivity contribution in [2.45, 2.75) is 37.4 Å². The van der Waals surface area contributed by atoms with Gasteiger partial charge in [-0.2, -0.15) is 0 Å². The van der Waals surface area contributed by atoms with Gasteiger partial charge in [-0.3, -0.25) is 14.3 Å². The van der Waals surface area contributed by atoms with E-state index in [9.17, 15) is 9.59 Å². The maximum atomic E-state index is 13.1. The first kappa shape index (κ1) is 22.2. The summed E-state index contributed by atoms with van der Waals surface area (Å²) in [5.74, 6) is 1.31. The Kier molecular flexibility index (Phi) is 6.10. The number of benzene rings is 2. The maximum Gasteiger partial charge on any atom is 0.295 e. The quantitative estimate of drug-likeness (QED) is 0.393. The molecule has 174 valence electrons. The van der Waals surface area contributed by atoms with Gasteiger partial charge in [-0.1, -0.05) is 60.3 Å². The second kappa shape index (κ2) is 9.34. The molecule has 0 atom stereocenters. The van der Waals surface area contributed by atoms with E-state index in [1.54, 1.807) is 16.4 Å². The van der Waals surface area contributed by atoms with E-state index in [0.717, 1.165) is 29.9 Å². The number of aromatic nitrogens is 5. The van der Waals surface area contributed by atoms with Crippen LogP contribution in [0.15, 0.2) is 70.6 Å². The Morgan fingerprint density at radius 3 is 2.41 bits per heavy atom. The summed E-state index contributed by atoms with van der Waals surface area (Å²) in [5.41, 5.74) is 2.64. The lowest BCUT2D eigenvalue weighted by Crippen LogP contribution is -2.23. The van der Waals surface area contributed by atoms with Gasteiger partial charge in [-0.05, 0) is 37.5 Å². The van der Waals surface area contributed by atoms with Crippen LogP contribution in [0.4, 0.5) is 5.69 Å². The third-order valence-electron chi connectivity index (χ3n) is 6.02. The van der Waals surface area contributed by atoms with Crippen LogP contribution in [0.5, 0.6) is 0 Å². The smallest absolute Gasteiger partial charge is 0.295 e. The van der Waals surface area contributed by atoms with Gasteiger partial charge in [-0.15, -0.1) is 10.2 Å². The second-order valence-corrected chi connectivity index (χ2v) is 9.40. The summed E-state index contributed by atoms with van der Waals surface area (Å²) in [5, 5.41) is 12.3. The Labute approximate surface area is 201 Å². The number of para-hydroxylation sites is 1. The molecule has 1 aliphatic rings. The summed E-state index contributed by atoms with van der Waals surface area (Å²) in [4.78, 5) is 25.9. The molecule has 2 aromatic heterocycles. The summed E-state index contributed by atoms with van der Waals surface area (Å²) in [6.45, 7) is 2.49. The van der Waals surface area contributed by atoms with E-state index in [-0.39, 0.29) is 17.2 Å². The van der Waals surface area contributed by atoms with Crippen molar-refractivity contribution in [1.82, 2.24) is 24.1 Å². The van der Waals surface area contributed by atoms with E-state index < -0.39 is 0 Å². The highest BCUT2D eigenvalue weighted by Crippen LogP contribution is 2.40. The summed E-state index contributed by atoms with van der Waals surface area (Å²) < 4.78 is 5.41. The van der Waals surface area contributed by atoms with Gasteiger partial charge >= 0.3 is 0 Å². The number of nitrogens with zero attached hydrogens (tertiary/aromatic N) is 5. The number of thioether (sulfide) groups is 1. The van der Waals surface area contributed by atoms with Gasteiger partial charge in [0.05, 0.1) is 23.7 Å². The molecule has 0 unspecified atom stereocenters. The molecule has 8 nitrogen and oxygen atoms in total. The molecule has 9 heteroatoms. The van der Waals surface area contributed by atoms with Crippen molar-refractivity contribution in [3.8, 4) is 5.69 Å². The van der Waals surface area contributed by atoms with E-state index in [2.05, 4.69) is 32.2 Å². The first-order chi connectivity index (χ1) is 16.5. The molecule has 0 bridgehead atoms. The number of anilines is 1. The zero-order valence-corrected chi connectivity index (χ0v) is 20.0. The van der Waals surface area contributed by atoms with Gasteiger partial charge in [0.25, 0.3) is 5.56 Å². The van der Waals surface area contributed by atoms with E-state index in [4.69, 9.17) is 0 Å². The molecule has 1 N–H and O–H groups in total. The number of hydrogen-bond donors (Lipinski definition) is 1. The molecule has 2 heterocycles. The van der Waals surface area contributed by atoms with Gasteiger partial charge in [0.1, 0.15) is 11.5 Å². The van der Waals surface area contributed by atoms with Gasteiger partial charge in [-0.25, -0.2) is 4.68 Å². The fraction of sp³-hybridized carbons (Fsp3) is 0.280. The predicted octanol–water partition coefficient (Wildman–Crippen LogP) is 3.73.